The molecule has 10 heteroatoms. The highest BCUT2D eigenvalue weighted by Gasteiger charge is 2.15. The van der Waals surface area contributed by atoms with Crippen LogP contribution in [0, 0.1) is 0 Å². The van der Waals surface area contributed by atoms with Crippen LogP contribution in [0.4, 0.5) is 5.69 Å². The van der Waals surface area contributed by atoms with Crippen molar-refractivity contribution in [1.29, 1.82) is 0 Å². The van der Waals surface area contributed by atoms with Crippen LogP contribution in [-0.2, 0) is 19.1 Å². The van der Waals surface area contributed by atoms with Crippen molar-refractivity contribution in [3.63, 3.8) is 0 Å². The molecule has 0 saturated heterocycles. The highest BCUT2D eigenvalue weighted by molar-refractivity contribution is 6.44. The van der Waals surface area contributed by atoms with Crippen molar-refractivity contribution in [1.82, 2.24) is 5.43 Å². The Morgan fingerprint density at radius 2 is 1.81 bits per heavy atom. The maximum Gasteiger partial charge on any atom is 0.347 e. The topological polar surface area (TPSA) is 106 Å². The summed E-state index contributed by atoms with van der Waals surface area (Å²) in [6.45, 7) is 3.60. The minimum Gasteiger partial charge on any atom is -0.479 e. The molecule has 0 aliphatic heterocycles. The lowest BCUT2D eigenvalue weighted by molar-refractivity contribution is -0.150. The van der Waals surface area contributed by atoms with E-state index in [1.165, 1.54) is 6.21 Å². The molecular weight excluding hydrogens is 445 g/mol. The molecule has 1 atom stereocenters. The molecule has 0 radical (unpaired) electrons. The number of halogens is 2. The predicted molar refractivity (Wildman–Crippen MR) is 119 cm³/mol. The van der Waals surface area contributed by atoms with E-state index in [-0.39, 0.29) is 11.6 Å². The lowest BCUT2D eigenvalue weighted by atomic mass is 10.2. The summed E-state index contributed by atoms with van der Waals surface area (Å²) < 4.78 is 10.4. The molecule has 2 amide bonds. The summed E-state index contributed by atoms with van der Waals surface area (Å²) in [6.07, 6.45) is 0.229. The molecule has 0 bridgehead atoms. The van der Waals surface area contributed by atoms with Gasteiger partial charge in [-0.3, -0.25) is 9.59 Å². The molecule has 2 N–H and O–H groups in total. The van der Waals surface area contributed by atoms with Crippen molar-refractivity contribution in [2.45, 2.75) is 26.4 Å². The Bertz CT molecular complexity index is 964. The van der Waals surface area contributed by atoms with E-state index in [2.05, 4.69) is 15.8 Å². The molecule has 2 rings (SSSR count). The molecule has 0 saturated carbocycles. The van der Waals surface area contributed by atoms with E-state index in [0.29, 0.717) is 22.0 Å². The second-order valence-electron chi connectivity index (χ2n) is 6.20. The largest absolute Gasteiger partial charge is 0.479 e. The van der Waals surface area contributed by atoms with Gasteiger partial charge in [-0.05, 0) is 55.8 Å². The van der Waals surface area contributed by atoms with Crippen LogP contribution >= 0.6 is 23.2 Å². The number of hydrogen-bond acceptors (Lipinski definition) is 6. The van der Waals surface area contributed by atoms with Crippen molar-refractivity contribution >= 4 is 52.9 Å². The Balaban J connectivity index is 1.81. The van der Waals surface area contributed by atoms with Crippen LogP contribution in [0.1, 0.15) is 25.8 Å². The monoisotopic (exact) mass is 465 g/mol. The van der Waals surface area contributed by atoms with Crippen LogP contribution in [0.5, 0.6) is 5.75 Å². The summed E-state index contributed by atoms with van der Waals surface area (Å²) in [6, 6.07) is 11.5. The molecule has 0 spiro atoms. The fourth-order valence-corrected chi connectivity index (χ4v) is 2.65. The van der Waals surface area contributed by atoms with E-state index in [9.17, 15) is 14.4 Å². The third kappa shape index (κ3) is 7.92. The highest BCUT2D eigenvalue weighted by atomic mass is 35.5. The van der Waals surface area contributed by atoms with Gasteiger partial charge >= 0.3 is 5.97 Å². The number of hydrazone groups is 1. The third-order valence-electron chi connectivity index (χ3n) is 3.76. The maximum absolute atomic E-state index is 12.0. The van der Waals surface area contributed by atoms with Gasteiger partial charge in [0.15, 0.2) is 6.10 Å². The summed E-state index contributed by atoms with van der Waals surface area (Å²) in [5.41, 5.74) is 3.26. The van der Waals surface area contributed by atoms with Crippen molar-refractivity contribution in [3.8, 4) is 5.75 Å². The second kappa shape index (κ2) is 11.9. The highest BCUT2D eigenvalue weighted by Crippen LogP contribution is 2.29. The first-order valence-electron chi connectivity index (χ1n) is 9.29. The Morgan fingerprint density at radius 3 is 2.48 bits per heavy atom. The van der Waals surface area contributed by atoms with Crippen LogP contribution in [0.15, 0.2) is 47.6 Å². The molecule has 0 aliphatic carbocycles. The molecule has 164 valence electrons. The number of nitrogens with zero attached hydrogens (tertiary/aromatic N) is 1. The van der Waals surface area contributed by atoms with E-state index in [0.717, 1.165) is 0 Å². The van der Waals surface area contributed by atoms with Gasteiger partial charge in [-0.15, -0.1) is 0 Å². The van der Waals surface area contributed by atoms with E-state index >= 15 is 0 Å². The van der Waals surface area contributed by atoms with Gasteiger partial charge < -0.3 is 14.8 Å². The van der Waals surface area contributed by atoms with E-state index in [1.54, 1.807) is 56.3 Å². The summed E-state index contributed by atoms with van der Waals surface area (Å²) in [5, 5.41) is 6.81. The van der Waals surface area contributed by atoms with Crippen LogP contribution in [0.3, 0.4) is 0 Å². The zero-order valence-electron chi connectivity index (χ0n) is 16.9. The molecule has 0 heterocycles. The minimum atomic E-state index is -0.730. The van der Waals surface area contributed by atoms with Crippen LogP contribution in [0.2, 0.25) is 10.0 Å². The zero-order chi connectivity index (χ0) is 22.8. The second-order valence-corrected chi connectivity index (χ2v) is 6.99. The Morgan fingerprint density at radius 1 is 1.10 bits per heavy atom. The molecule has 2 aromatic rings. The average Bonchev–Trinajstić information content (AvgIpc) is 2.72. The lowest BCUT2D eigenvalue weighted by Crippen LogP contribution is -2.26. The number of anilines is 1. The number of rotatable bonds is 9. The number of esters is 1. The fraction of sp³-hybridized carbons (Fsp3) is 0.238. The van der Waals surface area contributed by atoms with Gasteiger partial charge in [0.25, 0.3) is 0 Å². The zero-order valence-corrected chi connectivity index (χ0v) is 18.4. The molecular formula is C21H21Cl2N3O5. The van der Waals surface area contributed by atoms with Gasteiger partial charge in [-0.1, -0.05) is 29.3 Å². The van der Waals surface area contributed by atoms with Gasteiger partial charge in [0.1, 0.15) is 12.2 Å². The van der Waals surface area contributed by atoms with Crippen molar-refractivity contribution in [3.05, 3.63) is 58.1 Å². The quantitative estimate of drug-likeness (QED) is 0.253. The standard InChI is InChI=1S/C21H21Cl2N3O5/c1-3-30-21(29)13(2)31-15-9-7-14(8-10-15)12-24-26-19(28)11-18(27)25-17-6-4-5-16(22)20(17)23/h4-10,12-13H,3,11H2,1-2H3,(H,25,27)(H,26,28). The summed E-state index contributed by atoms with van der Waals surface area (Å²) in [4.78, 5) is 35.4. The molecule has 1 unspecified atom stereocenters. The first-order chi connectivity index (χ1) is 14.8. The van der Waals surface area contributed by atoms with Crippen LogP contribution < -0.4 is 15.5 Å². The van der Waals surface area contributed by atoms with Crippen LogP contribution in [0.25, 0.3) is 0 Å². The molecule has 0 fully saturated rings. The van der Waals surface area contributed by atoms with E-state index < -0.39 is 30.3 Å². The fourth-order valence-electron chi connectivity index (χ4n) is 2.30. The third-order valence-corrected chi connectivity index (χ3v) is 4.58. The van der Waals surface area contributed by atoms with Gasteiger partial charge in [0, 0.05) is 0 Å². The van der Waals surface area contributed by atoms with Crippen molar-refractivity contribution in [2.24, 2.45) is 5.10 Å². The summed E-state index contributed by atoms with van der Waals surface area (Å²) in [7, 11) is 0. The van der Waals surface area contributed by atoms with Gasteiger partial charge in [0.05, 0.1) is 28.6 Å². The smallest absolute Gasteiger partial charge is 0.347 e. The number of ether oxygens (including phenoxy) is 2. The molecule has 2 aromatic carbocycles. The van der Waals surface area contributed by atoms with E-state index in [1.807, 2.05) is 0 Å². The van der Waals surface area contributed by atoms with Gasteiger partial charge in [-0.2, -0.15) is 5.10 Å². The molecule has 0 aromatic heterocycles. The minimum absolute atomic E-state index is 0.194. The maximum atomic E-state index is 12.0. The van der Waals surface area contributed by atoms with Crippen molar-refractivity contribution in [2.75, 3.05) is 11.9 Å². The van der Waals surface area contributed by atoms with Crippen LogP contribution in [-0.4, -0.2) is 36.7 Å². The Labute approximate surface area is 189 Å². The van der Waals surface area contributed by atoms with Gasteiger partial charge in [0.2, 0.25) is 11.8 Å². The first-order valence-corrected chi connectivity index (χ1v) is 10.0. The Kier molecular flexibility index (Phi) is 9.30. The molecule has 31 heavy (non-hydrogen) atoms. The molecule has 0 aliphatic rings. The lowest BCUT2D eigenvalue weighted by Gasteiger charge is -2.13. The summed E-state index contributed by atoms with van der Waals surface area (Å²) in [5.74, 6) is -1.13. The first kappa shape index (κ1) is 24.2. The number of amides is 2. The summed E-state index contributed by atoms with van der Waals surface area (Å²) >= 11 is 11.9. The molecule has 8 nitrogen and oxygen atoms in total. The number of benzene rings is 2. The SMILES string of the molecule is CCOC(=O)C(C)Oc1ccc(C=NNC(=O)CC(=O)Nc2cccc(Cl)c2Cl)cc1. The van der Waals surface area contributed by atoms with Crippen molar-refractivity contribution < 1.29 is 23.9 Å². The number of carbonyl (C=O) groups is 3. The number of hydrogen-bond donors (Lipinski definition) is 2. The Hall–Kier alpha value is -3.10. The van der Waals surface area contributed by atoms with E-state index in [4.69, 9.17) is 32.7 Å². The predicted octanol–water partition coefficient (Wildman–Crippen LogP) is 3.80. The number of carbonyl (C=O) groups excluding carboxylic acids is 3. The normalized spacial score (nSPS) is 11.6. The van der Waals surface area contributed by atoms with Gasteiger partial charge in [-0.25, -0.2) is 10.2 Å². The number of nitrogens with one attached hydrogen (secondary N) is 2. The average molecular weight is 466 g/mol.